The zero-order valence-electron chi connectivity index (χ0n) is 19.2. The van der Waals surface area contributed by atoms with E-state index < -0.39 is 0 Å². The highest BCUT2D eigenvalue weighted by Crippen LogP contribution is 2.43. The number of rotatable bonds is 2. The molecular weight excluding hydrogens is 504 g/mol. The Morgan fingerprint density at radius 1 is 0.556 bits per heavy atom. The monoisotopic (exact) mass is 522 g/mol. The van der Waals surface area contributed by atoms with E-state index in [9.17, 15) is 0 Å². The first-order valence-electron chi connectivity index (χ1n) is 11.8. The molecule has 36 heavy (non-hydrogen) atoms. The van der Waals surface area contributed by atoms with Crippen molar-refractivity contribution < 1.29 is 0 Å². The molecule has 0 atom stereocenters. The summed E-state index contributed by atoms with van der Waals surface area (Å²) in [5.41, 5.74) is 6.40. The van der Waals surface area contributed by atoms with Crippen LogP contribution in [0.2, 0.25) is 0 Å². The molecule has 0 aliphatic heterocycles. The third-order valence-corrected chi connectivity index (χ3v) is 7.90. The van der Waals surface area contributed by atoms with E-state index in [1.165, 1.54) is 32.7 Å². The molecule has 1 heterocycles. The van der Waals surface area contributed by atoms with Crippen LogP contribution in [0, 0.1) is 6.57 Å². The summed E-state index contributed by atoms with van der Waals surface area (Å²) in [5.74, 6) is 0. The van der Waals surface area contributed by atoms with Gasteiger partial charge in [0, 0.05) is 15.5 Å². The molecule has 0 saturated heterocycles. The average Bonchev–Trinajstić information content (AvgIpc) is 3.27. The van der Waals surface area contributed by atoms with Crippen LogP contribution >= 0.6 is 15.9 Å². The molecule has 0 fully saturated rings. The third kappa shape index (κ3) is 3.02. The van der Waals surface area contributed by atoms with Gasteiger partial charge in [-0.25, -0.2) is 4.85 Å². The van der Waals surface area contributed by atoms with Gasteiger partial charge in [-0.05, 0) is 90.4 Å². The molecule has 0 saturated carbocycles. The van der Waals surface area contributed by atoms with E-state index in [2.05, 4.69) is 122 Å². The van der Waals surface area contributed by atoms with Gasteiger partial charge in [0.1, 0.15) is 0 Å². The van der Waals surface area contributed by atoms with Gasteiger partial charge in [0.15, 0.2) is 5.69 Å². The van der Waals surface area contributed by atoms with Gasteiger partial charge in [-0.15, -0.1) is 0 Å². The van der Waals surface area contributed by atoms with Crippen molar-refractivity contribution in [2.24, 2.45) is 0 Å². The lowest BCUT2D eigenvalue weighted by molar-refractivity contribution is 1.18. The first-order chi connectivity index (χ1) is 17.7. The summed E-state index contributed by atoms with van der Waals surface area (Å²) >= 11 is 3.88. The van der Waals surface area contributed by atoms with Crippen LogP contribution in [0.25, 0.3) is 65.0 Å². The Bertz CT molecular complexity index is 1950. The van der Waals surface area contributed by atoms with Gasteiger partial charge >= 0.3 is 0 Å². The summed E-state index contributed by atoms with van der Waals surface area (Å²) in [6.45, 7) is 7.59. The second-order valence-electron chi connectivity index (χ2n) is 9.00. The highest BCUT2D eigenvalue weighted by atomic mass is 79.9. The number of hydrogen-bond donors (Lipinski definition) is 0. The molecule has 1 aromatic heterocycles. The van der Waals surface area contributed by atoms with Gasteiger partial charge < -0.3 is 4.57 Å². The molecule has 168 valence electrons. The van der Waals surface area contributed by atoms with E-state index in [0.717, 1.165) is 32.0 Å². The lowest BCUT2D eigenvalue weighted by Gasteiger charge is -2.15. The second-order valence-corrected chi connectivity index (χ2v) is 9.79. The standard InChI is InChI=1S/C33H19BrN2/c1-35-22-16-18-31-29(20-22)28-19-21(15-17-30(28)36(31)23-9-3-2-4-10-23)32-24-11-5-7-13-26(24)33(34)27-14-8-6-12-25(27)32/h2-20H. The Labute approximate surface area is 217 Å². The van der Waals surface area contributed by atoms with E-state index >= 15 is 0 Å². The van der Waals surface area contributed by atoms with Gasteiger partial charge in [0.2, 0.25) is 0 Å². The minimum Gasteiger partial charge on any atom is -0.309 e. The molecule has 0 aliphatic rings. The normalized spacial score (nSPS) is 11.4. The van der Waals surface area contributed by atoms with E-state index in [1.54, 1.807) is 0 Å². The van der Waals surface area contributed by atoms with Crippen LogP contribution in [0.4, 0.5) is 5.69 Å². The number of fused-ring (bicyclic) bond motifs is 5. The molecule has 2 nitrogen and oxygen atoms in total. The van der Waals surface area contributed by atoms with E-state index in [0.29, 0.717) is 5.69 Å². The van der Waals surface area contributed by atoms with Crippen molar-refractivity contribution in [2.45, 2.75) is 0 Å². The maximum atomic E-state index is 7.59. The Kier molecular flexibility index (Phi) is 4.70. The van der Waals surface area contributed by atoms with Crippen LogP contribution in [-0.4, -0.2) is 4.57 Å². The predicted molar refractivity (Wildman–Crippen MR) is 155 cm³/mol. The molecule has 3 heteroatoms. The molecule has 0 spiro atoms. The van der Waals surface area contributed by atoms with Crippen molar-refractivity contribution in [3.05, 3.63) is 131 Å². The lowest BCUT2D eigenvalue weighted by Crippen LogP contribution is -1.93. The predicted octanol–water partition coefficient (Wildman–Crippen LogP) is 10.1. The van der Waals surface area contributed by atoms with Gasteiger partial charge in [-0.1, -0.05) is 78.9 Å². The minimum absolute atomic E-state index is 0.652. The highest BCUT2D eigenvalue weighted by molar-refractivity contribution is 9.10. The van der Waals surface area contributed by atoms with Crippen LogP contribution in [0.5, 0.6) is 0 Å². The average molecular weight is 523 g/mol. The molecule has 0 amide bonds. The number of hydrogen-bond acceptors (Lipinski definition) is 0. The summed E-state index contributed by atoms with van der Waals surface area (Å²) < 4.78 is 3.42. The van der Waals surface area contributed by atoms with Crippen LogP contribution < -0.4 is 0 Å². The fourth-order valence-electron chi connectivity index (χ4n) is 5.48. The molecule has 0 aliphatic carbocycles. The molecule has 0 unspecified atom stereocenters. The number of nitrogens with zero attached hydrogens (tertiary/aromatic N) is 2. The third-order valence-electron chi connectivity index (χ3n) is 7.05. The number of para-hydroxylation sites is 1. The van der Waals surface area contributed by atoms with Gasteiger partial charge in [0.05, 0.1) is 17.6 Å². The SMILES string of the molecule is [C-]#[N+]c1ccc2c(c1)c1cc(-c3c4ccccc4c(Br)c4ccccc34)ccc1n2-c1ccccc1. The molecule has 0 N–H and O–H groups in total. The van der Waals surface area contributed by atoms with Crippen molar-refractivity contribution in [3.63, 3.8) is 0 Å². The zero-order valence-corrected chi connectivity index (χ0v) is 20.8. The summed E-state index contributed by atoms with van der Waals surface area (Å²) in [5, 5.41) is 7.08. The van der Waals surface area contributed by atoms with Crippen molar-refractivity contribution in [1.82, 2.24) is 4.57 Å². The lowest BCUT2D eigenvalue weighted by atomic mass is 9.91. The maximum absolute atomic E-state index is 7.59. The van der Waals surface area contributed by atoms with Crippen LogP contribution in [0.3, 0.4) is 0 Å². The van der Waals surface area contributed by atoms with Gasteiger partial charge in [-0.2, -0.15) is 0 Å². The van der Waals surface area contributed by atoms with E-state index in [-0.39, 0.29) is 0 Å². The molecule has 7 aromatic rings. The molecule has 6 aromatic carbocycles. The molecular formula is C33H19BrN2. The highest BCUT2D eigenvalue weighted by Gasteiger charge is 2.17. The van der Waals surface area contributed by atoms with Crippen LogP contribution in [0.1, 0.15) is 0 Å². The van der Waals surface area contributed by atoms with E-state index in [4.69, 9.17) is 6.57 Å². The fraction of sp³-hybridized carbons (Fsp3) is 0. The Morgan fingerprint density at radius 2 is 1.11 bits per heavy atom. The van der Waals surface area contributed by atoms with Gasteiger partial charge in [0.25, 0.3) is 0 Å². The summed E-state index contributed by atoms with van der Waals surface area (Å²) in [4.78, 5) is 3.72. The quantitative estimate of drug-likeness (QED) is 0.158. The maximum Gasteiger partial charge on any atom is 0.188 e. The second kappa shape index (κ2) is 8.09. The fourth-order valence-corrected chi connectivity index (χ4v) is 6.17. The molecule has 7 rings (SSSR count). The van der Waals surface area contributed by atoms with Crippen molar-refractivity contribution >= 4 is 65.0 Å². The van der Waals surface area contributed by atoms with Crippen molar-refractivity contribution in [3.8, 4) is 16.8 Å². The van der Waals surface area contributed by atoms with Crippen LogP contribution in [0.15, 0.2) is 120 Å². The van der Waals surface area contributed by atoms with Crippen molar-refractivity contribution in [1.29, 1.82) is 0 Å². The first-order valence-corrected chi connectivity index (χ1v) is 12.6. The summed E-state index contributed by atoms with van der Waals surface area (Å²) in [6, 6.07) is 40.3. The van der Waals surface area contributed by atoms with Gasteiger partial charge in [-0.3, -0.25) is 0 Å². The Hall–Kier alpha value is -4.39. The Morgan fingerprint density at radius 3 is 1.75 bits per heavy atom. The smallest absolute Gasteiger partial charge is 0.188 e. The molecule has 0 bridgehead atoms. The largest absolute Gasteiger partial charge is 0.309 e. The number of benzene rings is 6. The van der Waals surface area contributed by atoms with Crippen LogP contribution in [-0.2, 0) is 0 Å². The number of halogens is 1. The van der Waals surface area contributed by atoms with Crippen molar-refractivity contribution in [2.75, 3.05) is 0 Å². The minimum atomic E-state index is 0.652. The topological polar surface area (TPSA) is 9.29 Å². The molecule has 0 radical (unpaired) electrons. The zero-order chi connectivity index (χ0) is 24.2. The Balaban J connectivity index is 1.62. The number of aromatic nitrogens is 1. The summed E-state index contributed by atoms with van der Waals surface area (Å²) in [6.07, 6.45) is 0. The van der Waals surface area contributed by atoms with E-state index in [1.807, 2.05) is 18.2 Å². The summed E-state index contributed by atoms with van der Waals surface area (Å²) in [7, 11) is 0. The first kappa shape index (κ1) is 20.9.